The number of nitrogens with zero attached hydrogens (tertiary/aromatic N) is 3. The first-order chi connectivity index (χ1) is 18.4. The number of thioether (sulfide) groups is 1. The lowest BCUT2D eigenvalue weighted by Gasteiger charge is -2.11. The predicted molar refractivity (Wildman–Crippen MR) is 148 cm³/mol. The van der Waals surface area contributed by atoms with Gasteiger partial charge in [0.1, 0.15) is 0 Å². The van der Waals surface area contributed by atoms with Gasteiger partial charge in [0.2, 0.25) is 5.91 Å². The molecule has 0 atom stereocenters. The van der Waals surface area contributed by atoms with Crippen LogP contribution in [0.15, 0.2) is 101 Å². The highest BCUT2D eigenvalue weighted by Crippen LogP contribution is 2.20. The Bertz CT molecular complexity index is 1640. The van der Waals surface area contributed by atoms with Gasteiger partial charge in [0.25, 0.3) is 11.2 Å². The average molecular weight is 527 g/mol. The molecule has 0 fully saturated rings. The van der Waals surface area contributed by atoms with Crippen molar-refractivity contribution in [2.45, 2.75) is 11.7 Å². The molecule has 1 N–H and O–H groups in total. The molecule has 38 heavy (non-hydrogen) atoms. The van der Waals surface area contributed by atoms with Gasteiger partial charge in [-0.25, -0.2) is 4.98 Å². The Kier molecular flexibility index (Phi) is 8.24. The van der Waals surface area contributed by atoms with E-state index in [2.05, 4.69) is 16.9 Å². The first-order valence-corrected chi connectivity index (χ1v) is 12.4. The van der Waals surface area contributed by atoms with E-state index in [1.165, 1.54) is 28.9 Å². The van der Waals surface area contributed by atoms with Crippen molar-refractivity contribution in [3.63, 3.8) is 0 Å². The summed E-state index contributed by atoms with van der Waals surface area (Å²) >= 11 is 1.13. The minimum atomic E-state index is -0.502. The van der Waals surface area contributed by atoms with E-state index in [4.69, 9.17) is 0 Å². The highest BCUT2D eigenvalue weighted by molar-refractivity contribution is 7.99. The number of aromatic nitrogens is 2. The van der Waals surface area contributed by atoms with Crippen molar-refractivity contribution >= 4 is 51.8 Å². The maximum absolute atomic E-state index is 12.9. The number of hydrogen-bond donors (Lipinski definition) is 1. The van der Waals surface area contributed by atoms with Gasteiger partial charge in [-0.1, -0.05) is 60.3 Å². The zero-order valence-corrected chi connectivity index (χ0v) is 20.9. The van der Waals surface area contributed by atoms with Crippen LogP contribution in [0.2, 0.25) is 0 Å². The molecule has 1 aromatic heterocycles. The van der Waals surface area contributed by atoms with Gasteiger partial charge in [-0.05, 0) is 35.9 Å². The summed E-state index contributed by atoms with van der Waals surface area (Å²) in [6, 6.07) is 19.4. The number of rotatable bonds is 10. The number of ketones is 1. The Morgan fingerprint density at radius 2 is 1.87 bits per heavy atom. The standard InChI is InChI=1S/C28H22N4O5S/c1-2-15-31-27(35)23-11-3-4-12-24(23)30-28(31)38-18-26(34)29-21-9-6-8-20(17-21)25(33)14-13-19-7-5-10-22(16-19)32(36)37/h2-14,16-17H,1,15,18H2,(H,29,34)/b14-13+. The second kappa shape index (κ2) is 11.9. The first kappa shape index (κ1) is 26.2. The zero-order valence-electron chi connectivity index (χ0n) is 20.1. The first-order valence-electron chi connectivity index (χ1n) is 11.5. The fourth-order valence-corrected chi connectivity index (χ4v) is 4.44. The van der Waals surface area contributed by atoms with Gasteiger partial charge in [-0.2, -0.15) is 0 Å². The van der Waals surface area contributed by atoms with E-state index < -0.39 is 4.92 Å². The number of carbonyl (C=O) groups is 2. The summed E-state index contributed by atoms with van der Waals surface area (Å²) in [4.78, 5) is 53.1. The maximum Gasteiger partial charge on any atom is 0.270 e. The van der Waals surface area contributed by atoms with Crippen LogP contribution in [-0.2, 0) is 11.3 Å². The third-order valence-corrected chi connectivity index (χ3v) is 6.39. The quantitative estimate of drug-likeness (QED) is 0.0579. The fourth-order valence-electron chi connectivity index (χ4n) is 3.64. The molecular weight excluding hydrogens is 504 g/mol. The highest BCUT2D eigenvalue weighted by atomic mass is 32.2. The fraction of sp³-hybridized carbons (Fsp3) is 0.0714. The summed E-state index contributed by atoms with van der Waals surface area (Å²) in [5.41, 5.74) is 1.56. The summed E-state index contributed by atoms with van der Waals surface area (Å²) in [5.74, 6) is -0.664. The monoisotopic (exact) mass is 526 g/mol. The number of nitrogens with one attached hydrogen (secondary N) is 1. The molecule has 9 nitrogen and oxygen atoms in total. The van der Waals surface area contributed by atoms with Crippen molar-refractivity contribution < 1.29 is 14.5 Å². The van der Waals surface area contributed by atoms with Crippen LogP contribution in [0.5, 0.6) is 0 Å². The van der Waals surface area contributed by atoms with Crippen molar-refractivity contribution in [3.8, 4) is 0 Å². The van der Waals surface area contributed by atoms with E-state index in [1.54, 1.807) is 66.7 Å². The van der Waals surface area contributed by atoms with Crippen LogP contribution in [0, 0.1) is 10.1 Å². The minimum Gasteiger partial charge on any atom is -0.325 e. The SMILES string of the molecule is C=CCn1c(SCC(=O)Nc2cccc(C(=O)/C=C/c3cccc([N+](=O)[O-])c3)c2)nc2ccccc2c1=O. The normalized spacial score (nSPS) is 10.9. The lowest BCUT2D eigenvalue weighted by atomic mass is 10.1. The zero-order chi connectivity index (χ0) is 27.1. The molecular formula is C28H22N4O5S. The number of benzene rings is 3. The van der Waals surface area contributed by atoms with Crippen molar-refractivity contribution in [1.82, 2.24) is 9.55 Å². The van der Waals surface area contributed by atoms with Crippen LogP contribution in [-0.4, -0.2) is 31.9 Å². The molecule has 3 aromatic carbocycles. The van der Waals surface area contributed by atoms with E-state index in [9.17, 15) is 24.5 Å². The molecule has 0 bridgehead atoms. The van der Waals surface area contributed by atoms with Gasteiger partial charge in [0, 0.05) is 29.9 Å². The van der Waals surface area contributed by atoms with E-state index in [-0.39, 0.29) is 35.2 Å². The molecule has 1 heterocycles. The summed E-state index contributed by atoms with van der Waals surface area (Å²) < 4.78 is 1.47. The van der Waals surface area contributed by atoms with Crippen molar-refractivity contribution in [2.24, 2.45) is 0 Å². The lowest BCUT2D eigenvalue weighted by molar-refractivity contribution is -0.384. The number of carbonyl (C=O) groups excluding carboxylic acids is 2. The molecule has 0 saturated carbocycles. The van der Waals surface area contributed by atoms with E-state index in [0.717, 1.165) is 11.8 Å². The number of non-ortho nitro benzene ring substituents is 1. The number of nitro groups is 1. The average Bonchev–Trinajstić information content (AvgIpc) is 2.92. The second-order valence-electron chi connectivity index (χ2n) is 8.08. The number of amides is 1. The third kappa shape index (κ3) is 6.29. The Morgan fingerprint density at radius 1 is 1.08 bits per heavy atom. The number of allylic oxidation sites excluding steroid dienone is 2. The van der Waals surface area contributed by atoms with Gasteiger partial charge in [0.15, 0.2) is 10.9 Å². The van der Waals surface area contributed by atoms with Crippen LogP contribution < -0.4 is 10.9 Å². The summed E-state index contributed by atoms with van der Waals surface area (Å²) in [6.07, 6.45) is 4.41. The van der Waals surface area contributed by atoms with Crippen molar-refractivity contribution in [1.29, 1.82) is 0 Å². The Hall–Kier alpha value is -4.83. The van der Waals surface area contributed by atoms with Gasteiger partial charge < -0.3 is 5.32 Å². The summed E-state index contributed by atoms with van der Waals surface area (Å²) in [6.45, 7) is 3.96. The van der Waals surface area contributed by atoms with Crippen molar-refractivity contribution in [3.05, 3.63) is 123 Å². The number of hydrogen-bond acceptors (Lipinski definition) is 7. The molecule has 4 aromatic rings. The molecule has 10 heteroatoms. The van der Waals surface area contributed by atoms with Crippen molar-refractivity contribution in [2.75, 3.05) is 11.1 Å². The molecule has 1 amide bonds. The third-order valence-electron chi connectivity index (χ3n) is 5.41. The van der Waals surface area contributed by atoms with Crippen LogP contribution in [0.1, 0.15) is 15.9 Å². The summed E-state index contributed by atoms with van der Waals surface area (Å²) in [5, 5.41) is 14.6. The molecule has 0 aliphatic carbocycles. The van der Waals surface area contributed by atoms with Gasteiger partial charge in [0.05, 0.1) is 21.6 Å². The van der Waals surface area contributed by atoms with Gasteiger partial charge in [-0.15, -0.1) is 6.58 Å². The van der Waals surface area contributed by atoms with Gasteiger partial charge in [-0.3, -0.25) is 29.1 Å². The largest absolute Gasteiger partial charge is 0.325 e. The predicted octanol–water partition coefficient (Wildman–Crippen LogP) is 5.12. The smallest absolute Gasteiger partial charge is 0.270 e. The Labute approximate surface area is 221 Å². The van der Waals surface area contributed by atoms with Gasteiger partial charge >= 0.3 is 0 Å². The van der Waals surface area contributed by atoms with Crippen LogP contribution in [0.25, 0.3) is 17.0 Å². The topological polar surface area (TPSA) is 124 Å². The molecule has 0 saturated heterocycles. The Balaban J connectivity index is 1.43. The molecule has 4 rings (SSSR count). The van der Waals surface area contributed by atoms with Crippen LogP contribution >= 0.6 is 11.8 Å². The van der Waals surface area contributed by atoms with Crippen LogP contribution in [0.3, 0.4) is 0 Å². The van der Waals surface area contributed by atoms with E-state index in [0.29, 0.717) is 32.9 Å². The number of para-hydroxylation sites is 1. The van der Waals surface area contributed by atoms with E-state index >= 15 is 0 Å². The van der Waals surface area contributed by atoms with Crippen LogP contribution in [0.4, 0.5) is 11.4 Å². The second-order valence-corrected chi connectivity index (χ2v) is 9.03. The molecule has 0 radical (unpaired) electrons. The Morgan fingerprint density at radius 3 is 2.66 bits per heavy atom. The molecule has 190 valence electrons. The van der Waals surface area contributed by atoms with E-state index in [1.807, 2.05) is 0 Å². The summed E-state index contributed by atoms with van der Waals surface area (Å²) in [7, 11) is 0. The minimum absolute atomic E-state index is 0.00716. The molecule has 0 spiro atoms. The highest BCUT2D eigenvalue weighted by Gasteiger charge is 2.13. The molecule has 0 aliphatic rings. The lowest BCUT2D eigenvalue weighted by Crippen LogP contribution is -2.23. The number of nitro benzene ring substituents is 1. The molecule has 0 unspecified atom stereocenters. The number of anilines is 1. The molecule has 0 aliphatic heterocycles. The maximum atomic E-state index is 12.9. The number of fused-ring (bicyclic) bond motifs is 1.